The molecule has 0 atom stereocenters. The molecule has 0 spiro atoms. The van der Waals surface area contributed by atoms with Crippen molar-refractivity contribution in [2.24, 2.45) is 0 Å². The topological polar surface area (TPSA) is 58.6 Å². The average Bonchev–Trinajstić information content (AvgIpc) is 2.53. The van der Waals surface area contributed by atoms with Crippen LogP contribution in [0.3, 0.4) is 0 Å². The summed E-state index contributed by atoms with van der Waals surface area (Å²) in [5.41, 5.74) is 2.31. The van der Waals surface area contributed by atoms with Crippen LogP contribution in [0.5, 0.6) is 0 Å². The molecule has 0 aliphatic heterocycles. The van der Waals surface area contributed by atoms with Crippen molar-refractivity contribution < 1.29 is 4.79 Å². The van der Waals surface area contributed by atoms with E-state index in [0.29, 0.717) is 0 Å². The molecule has 1 N–H and O–H groups in total. The molecule has 2 rings (SSSR count). The SMILES string of the molecule is O=CSc1cccc2n[nH]nc12. The van der Waals surface area contributed by atoms with Crippen LogP contribution in [0.25, 0.3) is 11.0 Å². The van der Waals surface area contributed by atoms with Gasteiger partial charge >= 0.3 is 0 Å². The first kappa shape index (κ1) is 7.30. The van der Waals surface area contributed by atoms with Crippen LogP contribution >= 0.6 is 11.8 Å². The molecule has 0 radical (unpaired) electrons. The Bertz CT molecular complexity index is 412. The Kier molecular flexibility index (Phi) is 1.79. The van der Waals surface area contributed by atoms with Gasteiger partial charge in [0.25, 0.3) is 0 Å². The van der Waals surface area contributed by atoms with Crippen LogP contribution in [0.2, 0.25) is 0 Å². The van der Waals surface area contributed by atoms with Gasteiger partial charge in [-0.05, 0) is 12.1 Å². The lowest BCUT2D eigenvalue weighted by Crippen LogP contribution is -1.75. The minimum atomic E-state index is 0.745. The van der Waals surface area contributed by atoms with E-state index in [1.807, 2.05) is 18.2 Å². The predicted octanol–water partition coefficient (Wildman–Crippen LogP) is 1.24. The second kappa shape index (κ2) is 2.94. The molecule has 0 amide bonds. The number of aromatic nitrogens is 3. The number of benzene rings is 1. The average molecular weight is 179 g/mol. The van der Waals surface area contributed by atoms with Crippen LogP contribution in [-0.2, 0) is 4.79 Å². The summed E-state index contributed by atoms with van der Waals surface area (Å²) in [4.78, 5) is 11.1. The van der Waals surface area contributed by atoms with Crippen molar-refractivity contribution in [2.45, 2.75) is 4.90 Å². The van der Waals surface area contributed by atoms with Gasteiger partial charge in [-0.2, -0.15) is 15.4 Å². The minimum Gasteiger partial charge on any atom is -0.291 e. The fraction of sp³-hybridized carbons (Fsp3) is 0. The van der Waals surface area contributed by atoms with Gasteiger partial charge in [0.15, 0.2) is 5.62 Å². The van der Waals surface area contributed by atoms with Crippen LogP contribution in [0.15, 0.2) is 23.1 Å². The molecule has 0 fully saturated rings. The largest absolute Gasteiger partial charge is 0.291 e. The number of thioether (sulfide) groups is 1. The minimum absolute atomic E-state index is 0.745. The molecule has 0 aliphatic rings. The van der Waals surface area contributed by atoms with Crippen molar-refractivity contribution in [3.63, 3.8) is 0 Å². The van der Waals surface area contributed by atoms with E-state index in [2.05, 4.69) is 15.4 Å². The lowest BCUT2D eigenvalue weighted by Gasteiger charge is -1.92. The second-order valence-corrected chi connectivity index (χ2v) is 3.03. The Morgan fingerprint density at radius 3 is 3.17 bits per heavy atom. The zero-order chi connectivity index (χ0) is 8.39. The third kappa shape index (κ3) is 1.08. The highest BCUT2D eigenvalue weighted by Gasteiger charge is 2.03. The van der Waals surface area contributed by atoms with Gasteiger partial charge in [0, 0.05) is 4.90 Å². The number of hydrogen-bond donors (Lipinski definition) is 1. The van der Waals surface area contributed by atoms with Gasteiger partial charge in [-0.15, -0.1) is 0 Å². The highest BCUT2D eigenvalue weighted by atomic mass is 32.2. The summed E-state index contributed by atoms with van der Waals surface area (Å²) in [6.07, 6.45) is 0. The number of fused-ring (bicyclic) bond motifs is 1. The normalized spacial score (nSPS) is 10.3. The first-order valence-corrected chi connectivity index (χ1v) is 4.19. The first-order chi connectivity index (χ1) is 5.92. The van der Waals surface area contributed by atoms with E-state index in [1.165, 1.54) is 0 Å². The monoisotopic (exact) mass is 179 g/mol. The molecular weight excluding hydrogens is 174 g/mol. The van der Waals surface area contributed by atoms with Crippen molar-refractivity contribution in [3.8, 4) is 0 Å². The molecule has 1 aromatic heterocycles. The fourth-order valence-electron chi connectivity index (χ4n) is 0.989. The molecule has 0 bridgehead atoms. The Morgan fingerprint density at radius 2 is 2.33 bits per heavy atom. The number of aromatic amines is 1. The number of carbonyl (C=O) groups is 1. The van der Waals surface area contributed by atoms with Crippen molar-refractivity contribution >= 4 is 28.4 Å². The highest BCUT2D eigenvalue weighted by Crippen LogP contribution is 2.22. The molecule has 0 saturated heterocycles. The van der Waals surface area contributed by atoms with Gasteiger partial charge < -0.3 is 0 Å². The van der Waals surface area contributed by atoms with Gasteiger partial charge in [0.05, 0.1) is 0 Å². The van der Waals surface area contributed by atoms with Crippen LogP contribution in [0, 0.1) is 0 Å². The number of nitrogens with zero attached hydrogens (tertiary/aromatic N) is 2. The molecule has 60 valence electrons. The summed E-state index contributed by atoms with van der Waals surface area (Å²) in [5.74, 6) is 0. The Balaban J connectivity index is 2.65. The van der Waals surface area contributed by atoms with Crippen LogP contribution in [0.1, 0.15) is 0 Å². The van der Waals surface area contributed by atoms with E-state index in [0.717, 1.165) is 33.3 Å². The van der Waals surface area contributed by atoms with Crippen LogP contribution < -0.4 is 0 Å². The zero-order valence-corrected chi connectivity index (χ0v) is 6.84. The van der Waals surface area contributed by atoms with Gasteiger partial charge in [-0.1, -0.05) is 17.8 Å². The van der Waals surface area contributed by atoms with Crippen LogP contribution in [0.4, 0.5) is 0 Å². The van der Waals surface area contributed by atoms with E-state index in [-0.39, 0.29) is 0 Å². The maximum Gasteiger partial charge on any atom is 0.181 e. The van der Waals surface area contributed by atoms with Crippen LogP contribution in [-0.4, -0.2) is 21.0 Å². The molecule has 4 nitrogen and oxygen atoms in total. The Morgan fingerprint density at radius 1 is 1.42 bits per heavy atom. The van der Waals surface area contributed by atoms with E-state index in [4.69, 9.17) is 0 Å². The second-order valence-electron chi connectivity index (χ2n) is 2.16. The van der Waals surface area contributed by atoms with Crippen molar-refractivity contribution in [1.29, 1.82) is 0 Å². The van der Waals surface area contributed by atoms with E-state index in [9.17, 15) is 4.79 Å². The smallest absolute Gasteiger partial charge is 0.181 e. The number of nitrogens with one attached hydrogen (secondary N) is 1. The predicted molar refractivity (Wildman–Crippen MR) is 46.5 cm³/mol. The standard InChI is InChI=1S/C7H5N3OS/c11-4-12-6-3-1-2-5-7(6)9-10-8-5/h1-4H,(H,8,9,10). The fourth-order valence-corrected chi connectivity index (χ4v) is 1.51. The maximum absolute atomic E-state index is 10.2. The lowest BCUT2D eigenvalue weighted by molar-refractivity contribution is 0.570. The van der Waals surface area contributed by atoms with Gasteiger partial charge in [-0.25, -0.2) is 0 Å². The van der Waals surface area contributed by atoms with Crippen molar-refractivity contribution in [1.82, 2.24) is 15.4 Å². The number of rotatable bonds is 2. The lowest BCUT2D eigenvalue weighted by atomic mass is 10.3. The summed E-state index contributed by atoms with van der Waals surface area (Å²) in [5, 5.41) is 10.3. The van der Waals surface area contributed by atoms with Gasteiger partial charge in [-0.3, -0.25) is 4.79 Å². The molecule has 1 heterocycles. The molecule has 5 heteroatoms. The molecule has 12 heavy (non-hydrogen) atoms. The molecular formula is C7H5N3OS. The quantitative estimate of drug-likeness (QED) is 0.556. The highest BCUT2D eigenvalue weighted by molar-refractivity contribution is 8.12. The Hall–Kier alpha value is -1.36. The molecule has 0 unspecified atom stereocenters. The third-order valence-corrected chi connectivity index (χ3v) is 2.16. The third-order valence-electron chi connectivity index (χ3n) is 1.49. The van der Waals surface area contributed by atoms with Crippen molar-refractivity contribution in [3.05, 3.63) is 18.2 Å². The summed E-state index contributed by atoms with van der Waals surface area (Å²) in [6.45, 7) is 0. The number of para-hydroxylation sites is 1. The number of hydrogen-bond acceptors (Lipinski definition) is 4. The molecule has 0 saturated carbocycles. The van der Waals surface area contributed by atoms with Gasteiger partial charge in [0.2, 0.25) is 0 Å². The number of H-pyrrole nitrogens is 1. The molecule has 0 aliphatic carbocycles. The molecule has 2 aromatic rings. The first-order valence-electron chi connectivity index (χ1n) is 3.31. The van der Waals surface area contributed by atoms with E-state index in [1.54, 1.807) is 0 Å². The summed E-state index contributed by atoms with van der Waals surface area (Å²) in [7, 11) is 0. The molecule has 1 aromatic carbocycles. The van der Waals surface area contributed by atoms with Gasteiger partial charge in [0.1, 0.15) is 11.0 Å². The maximum atomic E-state index is 10.2. The van der Waals surface area contributed by atoms with Crippen molar-refractivity contribution in [2.75, 3.05) is 0 Å². The summed E-state index contributed by atoms with van der Waals surface area (Å²) < 4.78 is 0. The Labute approximate surface area is 72.3 Å². The van der Waals surface area contributed by atoms with E-state index < -0.39 is 0 Å². The van der Waals surface area contributed by atoms with E-state index >= 15 is 0 Å². The zero-order valence-electron chi connectivity index (χ0n) is 6.02. The summed E-state index contributed by atoms with van der Waals surface area (Å²) >= 11 is 1.11. The number of carbonyl (C=O) groups excluding carboxylic acids is 1. The summed E-state index contributed by atoms with van der Waals surface area (Å²) in [6, 6.07) is 5.52.